The Morgan fingerprint density at radius 1 is 1.42 bits per heavy atom. The van der Waals surface area contributed by atoms with E-state index in [0.29, 0.717) is 18.7 Å². The Bertz CT molecular complexity index is 729. The van der Waals surface area contributed by atoms with Gasteiger partial charge in [-0.15, -0.1) is 0 Å². The van der Waals surface area contributed by atoms with Crippen molar-refractivity contribution in [3.8, 4) is 0 Å². The summed E-state index contributed by atoms with van der Waals surface area (Å²) >= 11 is 0. The van der Waals surface area contributed by atoms with E-state index >= 15 is 0 Å². The Morgan fingerprint density at radius 3 is 3.00 bits per heavy atom. The van der Waals surface area contributed by atoms with Gasteiger partial charge in [-0.2, -0.15) is 0 Å². The molecule has 1 aliphatic rings. The molecule has 6 heteroatoms. The minimum absolute atomic E-state index is 0.000733. The smallest absolute Gasteiger partial charge is 0.227 e. The molecule has 0 aliphatic carbocycles. The number of hydrogen-bond acceptors (Lipinski definition) is 3. The van der Waals surface area contributed by atoms with E-state index in [4.69, 9.17) is 4.74 Å². The summed E-state index contributed by atoms with van der Waals surface area (Å²) in [5, 5.41) is 0. The number of nitrogens with zero attached hydrogens (tertiary/aromatic N) is 3. The van der Waals surface area contributed by atoms with Crippen LogP contribution in [0, 0.1) is 5.82 Å². The minimum atomic E-state index is -0.315. The molecule has 2 aromatic rings. The number of carbonyl (C=O) groups is 1. The molecule has 128 valence electrons. The summed E-state index contributed by atoms with van der Waals surface area (Å²) in [5.41, 5.74) is 1.83. The van der Waals surface area contributed by atoms with E-state index < -0.39 is 0 Å². The number of fused-ring (bicyclic) bond motifs is 1. The maximum atomic E-state index is 13.3. The number of methoxy groups -OCH3 is 1. The SMILES string of the molecule is COCCc1cnc2n1CCN(C(=O)Cc1cccc(F)c1)[C@H]2C. The van der Waals surface area contributed by atoms with Gasteiger partial charge in [0.25, 0.3) is 0 Å². The molecule has 0 saturated carbocycles. The fraction of sp³-hybridized carbons (Fsp3) is 0.444. The zero-order valence-electron chi connectivity index (χ0n) is 14.0. The fourth-order valence-corrected chi connectivity index (χ4v) is 3.23. The zero-order chi connectivity index (χ0) is 17.1. The van der Waals surface area contributed by atoms with Gasteiger partial charge in [-0.3, -0.25) is 4.79 Å². The third-order valence-electron chi connectivity index (χ3n) is 4.50. The first-order valence-electron chi connectivity index (χ1n) is 8.17. The lowest BCUT2D eigenvalue weighted by atomic mass is 10.1. The normalized spacial score (nSPS) is 17.0. The van der Waals surface area contributed by atoms with Crippen LogP contribution in [0.2, 0.25) is 0 Å². The van der Waals surface area contributed by atoms with Crippen LogP contribution in [0.25, 0.3) is 0 Å². The highest BCUT2D eigenvalue weighted by Gasteiger charge is 2.30. The molecule has 24 heavy (non-hydrogen) atoms. The predicted octanol–water partition coefficient (Wildman–Crippen LogP) is 2.36. The van der Waals surface area contributed by atoms with Crippen molar-refractivity contribution in [2.24, 2.45) is 0 Å². The lowest BCUT2D eigenvalue weighted by Crippen LogP contribution is -2.42. The van der Waals surface area contributed by atoms with Crippen molar-refractivity contribution in [1.29, 1.82) is 0 Å². The molecule has 1 aromatic heterocycles. The van der Waals surface area contributed by atoms with Gasteiger partial charge in [-0.1, -0.05) is 12.1 Å². The summed E-state index contributed by atoms with van der Waals surface area (Å²) in [6, 6.07) is 6.12. The van der Waals surface area contributed by atoms with E-state index in [1.54, 1.807) is 19.2 Å². The van der Waals surface area contributed by atoms with Gasteiger partial charge in [0.1, 0.15) is 11.6 Å². The van der Waals surface area contributed by atoms with Gasteiger partial charge >= 0.3 is 0 Å². The van der Waals surface area contributed by atoms with Crippen molar-refractivity contribution >= 4 is 5.91 Å². The van der Waals surface area contributed by atoms with Crippen LogP contribution in [0.3, 0.4) is 0 Å². The van der Waals surface area contributed by atoms with Crippen LogP contribution in [0.1, 0.15) is 30.0 Å². The van der Waals surface area contributed by atoms with Crippen molar-refractivity contribution in [1.82, 2.24) is 14.5 Å². The molecule has 0 radical (unpaired) electrons. The number of aromatic nitrogens is 2. The van der Waals surface area contributed by atoms with Crippen LogP contribution in [0.5, 0.6) is 0 Å². The molecular weight excluding hydrogens is 309 g/mol. The molecule has 0 saturated heterocycles. The lowest BCUT2D eigenvalue weighted by Gasteiger charge is -2.34. The molecule has 1 aliphatic heterocycles. The minimum Gasteiger partial charge on any atom is -0.384 e. The van der Waals surface area contributed by atoms with E-state index in [1.165, 1.54) is 12.1 Å². The van der Waals surface area contributed by atoms with Crippen LogP contribution < -0.4 is 0 Å². The number of ether oxygens (including phenoxy) is 1. The van der Waals surface area contributed by atoms with Crippen molar-refractivity contribution in [3.63, 3.8) is 0 Å². The molecule has 0 bridgehead atoms. The van der Waals surface area contributed by atoms with E-state index in [1.807, 2.05) is 18.0 Å². The number of benzene rings is 1. The second-order valence-electron chi connectivity index (χ2n) is 6.07. The predicted molar refractivity (Wildman–Crippen MR) is 88.0 cm³/mol. The van der Waals surface area contributed by atoms with Gasteiger partial charge in [0.15, 0.2) is 0 Å². The molecule has 1 atom stereocenters. The third kappa shape index (κ3) is 3.33. The van der Waals surface area contributed by atoms with Gasteiger partial charge in [0.2, 0.25) is 5.91 Å². The molecule has 5 nitrogen and oxygen atoms in total. The summed E-state index contributed by atoms with van der Waals surface area (Å²) in [6.07, 6.45) is 2.89. The van der Waals surface area contributed by atoms with Crippen LogP contribution in [0.4, 0.5) is 4.39 Å². The van der Waals surface area contributed by atoms with Gasteiger partial charge in [0.05, 0.1) is 19.1 Å². The lowest BCUT2D eigenvalue weighted by molar-refractivity contribution is -0.133. The molecule has 1 aromatic carbocycles. The van der Waals surface area contributed by atoms with Crippen LogP contribution in [-0.4, -0.2) is 40.6 Å². The van der Waals surface area contributed by atoms with E-state index in [2.05, 4.69) is 9.55 Å². The first-order chi connectivity index (χ1) is 11.6. The van der Waals surface area contributed by atoms with Crippen LogP contribution >= 0.6 is 0 Å². The average Bonchev–Trinajstić information content (AvgIpc) is 2.97. The van der Waals surface area contributed by atoms with E-state index in [0.717, 1.165) is 24.5 Å². The summed E-state index contributed by atoms with van der Waals surface area (Å²) in [6.45, 7) is 4.01. The Balaban J connectivity index is 1.72. The van der Waals surface area contributed by atoms with Crippen LogP contribution in [0.15, 0.2) is 30.5 Å². The van der Waals surface area contributed by atoms with E-state index in [9.17, 15) is 9.18 Å². The number of rotatable bonds is 5. The highest BCUT2D eigenvalue weighted by molar-refractivity contribution is 5.79. The first kappa shape index (κ1) is 16.6. The largest absolute Gasteiger partial charge is 0.384 e. The topological polar surface area (TPSA) is 47.4 Å². The van der Waals surface area contributed by atoms with Crippen molar-refractivity contribution in [2.45, 2.75) is 32.4 Å². The van der Waals surface area contributed by atoms with Gasteiger partial charge in [-0.25, -0.2) is 9.37 Å². The second kappa shape index (κ2) is 7.13. The molecular formula is C18H22FN3O2. The highest BCUT2D eigenvalue weighted by Crippen LogP contribution is 2.26. The molecule has 0 fully saturated rings. The number of hydrogen-bond donors (Lipinski definition) is 0. The molecule has 0 spiro atoms. The van der Waals surface area contributed by atoms with Gasteiger partial charge < -0.3 is 14.2 Å². The third-order valence-corrected chi connectivity index (χ3v) is 4.50. The number of carbonyl (C=O) groups excluding carboxylic acids is 1. The second-order valence-corrected chi connectivity index (χ2v) is 6.07. The van der Waals surface area contributed by atoms with Gasteiger partial charge in [-0.05, 0) is 24.6 Å². The maximum absolute atomic E-state index is 13.3. The molecule has 0 N–H and O–H groups in total. The quantitative estimate of drug-likeness (QED) is 0.845. The van der Waals surface area contributed by atoms with Crippen LogP contribution in [-0.2, 0) is 28.9 Å². The average molecular weight is 331 g/mol. The van der Waals surface area contributed by atoms with Crippen molar-refractivity contribution < 1.29 is 13.9 Å². The fourth-order valence-electron chi connectivity index (χ4n) is 3.23. The van der Waals surface area contributed by atoms with Crippen molar-refractivity contribution in [2.75, 3.05) is 20.3 Å². The Kier molecular flexibility index (Phi) is 4.94. The highest BCUT2D eigenvalue weighted by atomic mass is 19.1. The number of amides is 1. The Morgan fingerprint density at radius 2 is 2.25 bits per heavy atom. The first-order valence-corrected chi connectivity index (χ1v) is 8.17. The van der Waals surface area contributed by atoms with E-state index in [-0.39, 0.29) is 24.2 Å². The maximum Gasteiger partial charge on any atom is 0.227 e. The molecule has 1 amide bonds. The molecule has 2 heterocycles. The molecule has 3 rings (SSSR count). The monoisotopic (exact) mass is 331 g/mol. The summed E-state index contributed by atoms with van der Waals surface area (Å²) in [5.74, 6) is 0.589. The summed E-state index contributed by atoms with van der Waals surface area (Å²) in [4.78, 5) is 18.9. The Hall–Kier alpha value is -2.21. The summed E-state index contributed by atoms with van der Waals surface area (Å²) < 4.78 is 20.6. The number of halogens is 1. The molecule has 0 unspecified atom stereocenters. The Labute approximate surface area is 141 Å². The van der Waals surface area contributed by atoms with Crippen molar-refractivity contribution in [3.05, 3.63) is 53.4 Å². The zero-order valence-corrected chi connectivity index (χ0v) is 14.0. The number of imidazole rings is 1. The summed E-state index contributed by atoms with van der Waals surface area (Å²) in [7, 11) is 1.68. The standard InChI is InChI=1S/C18H22FN3O2/c1-13-18-20-12-16(6-9-24-2)22(18)8-7-21(13)17(23)11-14-4-3-5-15(19)10-14/h3-5,10,12-13H,6-9,11H2,1-2H3/t13-/m0/s1. The van der Waals surface area contributed by atoms with Gasteiger partial charge in [0, 0.05) is 38.5 Å².